The molecule has 0 aliphatic heterocycles. The molecule has 0 saturated heterocycles. The molecular formula is C9H16N4O2. The maximum Gasteiger partial charge on any atom is 0.432 e. The number of rotatable bonds is 7. The number of hydrogen-bond donors (Lipinski definition) is 2. The monoisotopic (exact) mass is 212 g/mol. The molecule has 6 heteroatoms. The standard InChI is InChI=1S/C9H16N4O2/c10-6-4-2-1-3-5-8-7-11-9(12-8)13(14)15/h7H,1-6,10H2,(H,11,12). The van der Waals surface area contributed by atoms with Crippen molar-refractivity contribution < 1.29 is 4.92 Å². The van der Waals surface area contributed by atoms with E-state index < -0.39 is 4.92 Å². The third kappa shape index (κ3) is 4.07. The van der Waals surface area contributed by atoms with Crippen molar-refractivity contribution in [3.05, 3.63) is 22.0 Å². The number of aromatic nitrogens is 2. The number of nitrogens with one attached hydrogen (secondary N) is 1. The van der Waals surface area contributed by atoms with E-state index >= 15 is 0 Å². The summed E-state index contributed by atoms with van der Waals surface area (Å²) in [5.41, 5.74) is 6.20. The lowest BCUT2D eigenvalue weighted by Gasteiger charge is -1.96. The van der Waals surface area contributed by atoms with Gasteiger partial charge in [-0.1, -0.05) is 17.8 Å². The van der Waals surface area contributed by atoms with Gasteiger partial charge in [-0.15, -0.1) is 0 Å². The summed E-state index contributed by atoms with van der Waals surface area (Å²) in [4.78, 5) is 16.1. The van der Waals surface area contributed by atoms with Crippen LogP contribution in [0.3, 0.4) is 0 Å². The summed E-state index contributed by atoms with van der Waals surface area (Å²) in [5.74, 6) is -0.174. The molecule has 1 aromatic heterocycles. The Labute approximate surface area is 88.0 Å². The second-order valence-electron chi connectivity index (χ2n) is 3.44. The first-order valence-corrected chi connectivity index (χ1v) is 5.12. The highest BCUT2D eigenvalue weighted by Gasteiger charge is 2.09. The molecule has 0 fully saturated rings. The van der Waals surface area contributed by atoms with Gasteiger partial charge in [-0.3, -0.25) is 0 Å². The maximum atomic E-state index is 10.3. The average Bonchev–Trinajstić information content (AvgIpc) is 2.66. The van der Waals surface area contributed by atoms with Crippen LogP contribution in [0.25, 0.3) is 0 Å². The third-order valence-electron chi connectivity index (χ3n) is 2.19. The van der Waals surface area contributed by atoms with Gasteiger partial charge in [0.2, 0.25) is 0 Å². The number of nitrogens with zero attached hydrogens (tertiary/aromatic N) is 2. The molecule has 0 saturated carbocycles. The van der Waals surface area contributed by atoms with Gasteiger partial charge in [0.25, 0.3) is 0 Å². The molecule has 84 valence electrons. The molecule has 15 heavy (non-hydrogen) atoms. The molecule has 0 bridgehead atoms. The zero-order valence-electron chi connectivity index (χ0n) is 8.61. The van der Waals surface area contributed by atoms with Gasteiger partial charge < -0.3 is 15.8 Å². The van der Waals surface area contributed by atoms with E-state index in [1.807, 2.05) is 0 Å². The Morgan fingerprint density at radius 2 is 2.13 bits per heavy atom. The quantitative estimate of drug-likeness (QED) is 0.405. The summed E-state index contributed by atoms with van der Waals surface area (Å²) in [6, 6.07) is 0. The Morgan fingerprint density at radius 1 is 1.40 bits per heavy atom. The van der Waals surface area contributed by atoms with Gasteiger partial charge in [0.05, 0.1) is 0 Å². The highest BCUT2D eigenvalue weighted by atomic mass is 16.6. The summed E-state index contributed by atoms with van der Waals surface area (Å²) >= 11 is 0. The predicted octanol–water partition coefficient (Wildman–Crippen LogP) is 1.38. The van der Waals surface area contributed by atoms with Crippen LogP contribution in [-0.4, -0.2) is 21.4 Å². The van der Waals surface area contributed by atoms with Crippen LogP contribution in [0.4, 0.5) is 5.95 Å². The lowest BCUT2D eigenvalue weighted by Crippen LogP contribution is -1.97. The Bertz CT molecular complexity index is 311. The fourth-order valence-electron chi connectivity index (χ4n) is 1.38. The number of aromatic amines is 1. The van der Waals surface area contributed by atoms with Crippen LogP contribution in [0.5, 0.6) is 0 Å². The summed E-state index contributed by atoms with van der Waals surface area (Å²) in [5, 5.41) is 10.3. The normalized spacial score (nSPS) is 10.5. The summed E-state index contributed by atoms with van der Waals surface area (Å²) in [6.45, 7) is 0.732. The minimum absolute atomic E-state index is 0.174. The molecule has 0 spiro atoms. The van der Waals surface area contributed by atoms with Crippen LogP contribution in [0.1, 0.15) is 31.4 Å². The topological polar surface area (TPSA) is 97.8 Å². The molecule has 6 nitrogen and oxygen atoms in total. The Morgan fingerprint density at radius 3 is 2.73 bits per heavy atom. The molecule has 0 radical (unpaired) electrons. The summed E-state index contributed by atoms with van der Waals surface area (Å²) in [6.07, 6.45) is 6.62. The van der Waals surface area contributed by atoms with E-state index in [2.05, 4.69) is 9.97 Å². The highest BCUT2D eigenvalue weighted by molar-refractivity contribution is 5.10. The number of aryl methyl sites for hydroxylation is 1. The molecule has 3 N–H and O–H groups in total. The van der Waals surface area contributed by atoms with Crippen molar-refractivity contribution >= 4 is 5.95 Å². The van der Waals surface area contributed by atoms with Gasteiger partial charge in [-0.05, 0) is 24.3 Å². The molecule has 0 aromatic carbocycles. The first-order valence-electron chi connectivity index (χ1n) is 5.12. The highest BCUT2D eigenvalue weighted by Crippen LogP contribution is 2.09. The number of unbranched alkanes of at least 4 members (excludes halogenated alkanes) is 3. The number of H-pyrrole nitrogens is 1. The maximum absolute atomic E-state index is 10.3. The van der Waals surface area contributed by atoms with Crippen LogP contribution in [-0.2, 0) is 6.42 Å². The minimum Gasteiger partial charge on any atom is -0.390 e. The van der Waals surface area contributed by atoms with Crippen molar-refractivity contribution in [2.24, 2.45) is 5.73 Å². The zero-order chi connectivity index (χ0) is 11.1. The lowest BCUT2D eigenvalue weighted by molar-refractivity contribution is -0.393. The smallest absolute Gasteiger partial charge is 0.390 e. The van der Waals surface area contributed by atoms with Crippen molar-refractivity contribution in [3.63, 3.8) is 0 Å². The first kappa shape index (κ1) is 11.6. The van der Waals surface area contributed by atoms with Gasteiger partial charge >= 0.3 is 5.95 Å². The van der Waals surface area contributed by atoms with E-state index in [0.717, 1.165) is 44.3 Å². The van der Waals surface area contributed by atoms with E-state index in [4.69, 9.17) is 5.73 Å². The minimum atomic E-state index is -0.516. The van der Waals surface area contributed by atoms with Crippen molar-refractivity contribution in [2.75, 3.05) is 6.54 Å². The molecule has 1 heterocycles. The third-order valence-corrected chi connectivity index (χ3v) is 2.19. The number of nitrogens with two attached hydrogens (primary N) is 1. The second kappa shape index (κ2) is 6.13. The average molecular weight is 212 g/mol. The Balaban J connectivity index is 2.23. The van der Waals surface area contributed by atoms with E-state index in [1.54, 1.807) is 0 Å². The van der Waals surface area contributed by atoms with Gasteiger partial charge in [0.1, 0.15) is 11.9 Å². The number of imidazole rings is 1. The molecular weight excluding hydrogens is 196 g/mol. The van der Waals surface area contributed by atoms with Gasteiger partial charge in [-0.2, -0.15) is 0 Å². The summed E-state index contributed by atoms with van der Waals surface area (Å²) < 4.78 is 0. The van der Waals surface area contributed by atoms with Crippen molar-refractivity contribution in [1.82, 2.24) is 9.97 Å². The SMILES string of the molecule is NCCCCCCc1cnc([N+](=O)[O-])[nH]1. The van der Waals surface area contributed by atoms with Crippen molar-refractivity contribution in [2.45, 2.75) is 32.1 Å². The van der Waals surface area contributed by atoms with Crippen LogP contribution in [0.15, 0.2) is 6.20 Å². The van der Waals surface area contributed by atoms with E-state index in [-0.39, 0.29) is 5.95 Å². The van der Waals surface area contributed by atoms with Gasteiger partial charge in [0, 0.05) is 6.42 Å². The second-order valence-corrected chi connectivity index (χ2v) is 3.44. The van der Waals surface area contributed by atoms with E-state index in [1.165, 1.54) is 6.20 Å². The molecule has 0 unspecified atom stereocenters. The van der Waals surface area contributed by atoms with Crippen LogP contribution in [0.2, 0.25) is 0 Å². The lowest BCUT2D eigenvalue weighted by atomic mass is 10.1. The molecule has 0 aliphatic rings. The Hall–Kier alpha value is -1.43. The predicted molar refractivity (Wildman–Crippen MR) is 56.5 cm³/mol. The van der Waals surface area contributed by atoms with Crippen molar-refractivity contribution in [3.8, 4) is 0 Å². The van der Waals surface area contributed by atoms with Gasteiger partial charge in [0.15, 0.2) is 0 Å². The molecule has 1 aromatic rings. The van der Waals surface area contributed by atoms with Crippen LogP contribution < -0.4 is 5.73 Å². The molecule has 0 amide bonds. The Kier molecular flexibility index (Phi) is 4.76. The summed E-state index contributed by atoms with van der Waals surface area (Å²) in [7, 11) is 0. The van der Waals surface area contributed by atoms with Crippen molar-refractivity contribution in [1.29, 1.82) is 0 Å². The van der Waals surface area contributed by atoms with E-state index in [0.29, 0.717) is 0 Å². The number of hydrogen-bond acceptors (Lipinski definition) is 4. The molecule has 1 rings (SSSR count). The number of nitro groups is 1. The van der Waals surface area contributed by atoms with Gasteiger partial charge in [-0.25, -0.2) is 4.98 Å². The van der Waals surface area contributed by atoms with E-state index in [9.17, 15) is 10.1 Å². The molecule has 0 atom stereocenters. The largest absolute Gasteiger partial charge is 0.432 e. The fraction of sp³-hybridized carbons (Fsp3) is 0.667. The van der Waals surface area contributed by atoms with Crippen LogP contribution >= 0.6 is 0 Å². The molecule has 0 aliphatic carbocycles. The zero-order valence-corrected chi connectivity index (χ0v) is 8.61. The van der Waals surface area contributed by atoms with Crippen LogP contribution in [0, 0.1) is 10.1 Å². The first-order chi connectivity index (χ1) is 7.24. The fourth-order valence-corrected chi connectivity index (χ4v) is 1.38.